The molecule has 0 fully saturated rings. The molecular weight excluding hydrogens is 258 g/mol. The standard InChI is InChI=1S/C11H14ClN3O3/c1-11(2,3)15(12)13-10(16)8-4-6-9(7-5-8)14(17)18/h4-7H,1-3H3,(H,13,16). The van der Waals surface area contributed by atoms with Crippen LogP contribution in [0.4, 0.5) is 5.69 Å². The van der Waals surface area contributed by atoms with Crippen molar-refractivity contribution in [3.63, 3.8) is 0 Å². The lowest BCUT2D eigenvalue weighted by molar-refractivity contribution is -0.384. The number of non-ortho nitro benzene ring substituents is 1. The molecule has 0 spiro atoms. The Bertz CT molecular complexity index is 454. The Labute approximate surface area is 110 Å². The number of hydrogen-bond donors (Lipinski definition) is 1. The van der Waals surface area contributed by atoms with Crippen LogP contribution in [-0.4, -0.2) is 20.9 Å². The molecule has 1 N–H and O–H groups in total. The van der Waals surface area contributed by atoms with Gasteiger partial charge in [-0.05, 0) is 32.9 Å². The number of nitro groups is 1. The summed E-state index contributed by atoms with van der Waals surface area (Å²) >= 11 is 5.88. The number of nitro benzene ring substituents is 1. The van der Waals surface area contributed by atoms with Gasteiger partial charge in [-0.3, -0.25) is 20.3 Å². The molecule has 0 bridgehead atoms. The van der Waals surface area contributed by atoms with E-state index in [1.54, 1.807) is 0 Å². The minimum atomic E-state index is -0.523. The van der Waals surface area contributed by atoms with Crippen molar-refractivity contribution in [1.82, 2.24) is 9.95 Å². The molecule has 1 aromatic carbocycles. The number of carbonyl (C=O) groups excluding carboxylic acids is 1. The first kappa shape index (κ1) is 14.4. The second kappa shape index (κ2) is 5.32. The lowest BCUT2D eigenvalue weighted by atomic mass is 10.1. The number of benzene rings is 1. The van der Waals surface area contributed by atoms with Crippen LogP contribution in [0.15, 0.2) is 24.3 Å². The molecule has 0 aromatic heterocycles. The van der Waals surface area contributed by atoms with Crippen LogP contribution in [0, 0.1) is 10.1 Å². The quantitative estimate of drug-likeness (QED) is 0.521. The summed E-state index contributed by atoms with van der Waals surface area (Å²) in [5.74, 6) is -0.421. The average molecular weight is 272 g/mol. The summed E-state index contributed by atoms with van der Waals surface area (Å²) in [6.45, 7) is 5.49. The van der Waals surface area contributed by atoms with Gasteiger partial charge in [-0.2, -0.15) is 0 Å². The predicted octanol–water partition coefficient (Wildman–Crippen LogP) is 2.49. The van der Waals surface area contributed by atoms with E-state index in [4.69, 9.17) is 11.8 Å². The highest BCUT2D eigenvalue weighted by Crippen LogP contribution is 2.15. The van der Waals surface area contributed by atoms with Crippen LogP contribution >= 0.6 is 11.8 Å². The summed E-state index contributed by atoms with van der Waals surface area (Å²) in [6, 6.07) is 5.29. The number of amides is 1. The zero-order chi connectivity index (χ0) is 13.9. The maximum Gasteiger partial charge on any atom is 0.269 e. The van der Waals surface area contributed by atoms with Crippen molar-refractivity contribution in [3.05, 3.63) is 39.9 Å². The van der Waals surface area contributed by atoms with Crippen molar-refractivity contribution in [2.45, 2.75) is 26.3 Å². The van der Waals surface area contributed by atoms with Crippen molar-refractivity contribution in [3.8, 4) is 0 Å². The van der Waals surface area contributed by atoms with Crippen LogP contribution in [0.2, 0.25) is 0 Å². The topological polar surface area (TPSA) is 75.5 Å². The molecule has 0 radical (unpaired) electrons. The van der Waals surface area contributed by atoms with Crippen molar-refractivity contribution < 1.29 is 9.72 Å². The fourth-order valence-corrected chi connectivity index (χ4v) is 1.13. The molecular formula is C11H14ClN3O3. The van der Waals surface area contributed by atoms with Crippen LogP contribution in [0.1, 0.15) is 31.1 Å². The molecule has 18 heavy (non-hydrogen) atoms. The molecule has 0 atom stereocenters. The van der Waals surface area contributed by atoms with Crippen LogP contribution in [0.5, 0.6) is 0 Å². The Hall–Kier alpha value is -1.66. The van der Waals surface area contributed by atoms with Gasteiger partial charge in [0.1, 0.15) is 0 Å². The summed E-state index contributed by atoms with van der Waals surface area (Å²) in [6.07, 6.45) is 0. The number of carbonyl (C=O) groups is 1. The Morgan fingerprint density at radius 1 is 1.33 bits per heavy atom. The van der Waals surface area contributed by atoms with Crippen molar-refractivity contribution in [2.24, 2.45) is 0 Å². The normalized spacial score (nSPS) is 11.4. The smallest absolute Gasteiger partial charge is 0.269 e. The number of halogens is 1. The third-order valence-electron chi connectivity index (χ3n) is 2.13. The summed E-state index contributed by atoms with van der Waals surface area (Å²) in [5, 5.41) is 10.5. The van der Waals surface area contributed by atoms with Crippen LogP contribution in [0.3, 0.4) is 0 Å². The van der Waals surface area contributed by atoms with Gasteiger partial charge >= 0.3 is 0 Å². The zero-order valence-corrected chi connectivity index (χ0v) is 11.1. The average Bonchev–Trinajstić information content (AvgIpc) is 2.27. The van der Waals surface area contributed by atoms with Gasteiger partial charge < -0.3 is 0 Å². The summed E-state index contributed by atoms with van der Waals surface area (Å²) in [7, 11) is 0. The van der Waals surface area contributed by atoms with E-state index in [1.165, 1.54) is 24.3 Å². The maximum absolute atomic E-state index is 11.8. The number of hydrogen-bond acceptors (Lipinski definition) is 4. The Kier molecular flexibility index (Phi) is 4.26. The molecule has 0 aliphatic rings. The molecule has 6 nitrogen and oxygen atoms in total. The van der Waals surface area contributed by atoms with Crippen molar-refractivity contribution in [2.75, 3.05) is 0 Å². The summed E-state index contributed by atoms with van der Waals surface area (Å²) in [5.41, 5.74) is 2.28. The molecule has 98 valence electrons. The fourth-order valence-electron chi connectivity index (χ4n) is 1.06. The molecule has 1 aromatic rings. The van der Waals surface area contributed by atoms with E-state index < -0.39 is 16.4 Å². The summed E-state index contributed by atoms with van der Waals surface area (Å²) in [4.78, 5) is 21.7. The third kappa shape index (κ3) is 3.68. The molecule has 0 saturated carbocycles. The third-order valence-corrected chi connectivity index (χ3v) is 2.72. The lowest BCUT2D eigenvalue weighted by Gasteiger charge is -2.28. The van der Waals surface area contributed by atoms with Crippen LogP contribution < -0.4 is 5.43 Å². The monoisotopic (exact) mass is 271 g/mol. The number of nitrogens with zero attached hydrogens (tertiary/aromatic N) is 2. The van der Waals surface area contributed by atoms with Crippen molar-refractivity contribution in [1.29, 1.82) is 0 Å². The van der Waals surface area contributed by atoms with Gasteiger partial charge in [-0.1, -0.05) is 0 Å². The number of rotatable bonds is 3. The number of nitrogens with one attached hydrogen (secondary N) is 1. The molecule has 0 saturated heterocycles. The van der Waals surface area contributed by atoms with Gasteiger partial charge in [0.25, 0.3) is 11.6 Å². The maximum atomic E-state index is 11.8. The van der Waals surface area contributed by atoms with Crippen LogP contribution in [-0.2, 0) is 0 Å². The SMILES string of the molecule is CC(C)(C)N(Cl)NC(=O)c1ccc([N+](=O)[O-])cc1. The fraction of sp³-hybridized carbons (Fsp3) is 0.364. The van der Waals surface area contributed by atoms with E-state index in [9.17, 15) is 14.9 Å². The highest BCUT2D eigenvalue weighted by molar-refractivity contribution is 6.14. The summed E-state index contributed by atoms with van der Waals surface area (Å²) < 4.78 is 1.16. The van der Waals surface area contributed by atoms with Crippen LogP contribution in [0.25, 0.3) is 0 Å². The molecule has 0 unspecified atom stereocenters. The first-order valence-electron chi connectivity index (χ1n) is 5.23. The Balaban J connectivity index is 2.76. The van der Waals surface area contributed by atoms with Gasteiger partial charge in [0.2, 0.25) is 0 Å². The predicted molar refractivity (Wildman–Crippen MR) is 68.0 cm³/mol. The van der Waals surface area contributed by atoms with E-state index in [0.717, 1.165) is 4.53 Å². The highest BCUT2D eigenvalue weighted by Gasteiger charge is 2.22. The highest BCUT2D eigenvalue weighted by atomic mass is 35.5. The molecule has 1 rings (SSSR count). The molecule has 0 aliphatic heterocycles. The second-order valence-corrected chi connectivity index (χ2v) is 5.03. The lowest BCUT2D eigenvalue weighted by Crippen LogP contribution is -2.46. The Morgan fingerprint density at radius 2 is 1.83 bits per heavy atom. The van der Waals surface area contributed by atoms with Gasteiger partial charge in [0, 0.05) is 35.0 Å². The molecule has 1 amide bonds. The van der Waals surface area contributed by atoms with E-state index >= 15 is 0 Å². The van der Waals surface area contributed by atoms with Gasteiger partial charge in [0.15, 0.2) is 0 Å². The largest absolute Gasteiger partial charge is 0.270 e. The minimum Gasteiger partial charge on any atom is -0.270 e. The molecule has 0 aliphatic carbocycles. The van der Waals surface area contributed by atoms with Gasteiger partial charge in [-0.25, -0.2) is 0 Å². The van der Waals surface area contributed by atoms with E-state index in [0.29, 0.717) is 5.56 Å². The van der Waals surface area contributed by atoms with Crippen molar-refractivity contribution >= 4 is 23.4 Å². The number of hydrazine groups is 1. The second-order valence-electron chi connectivity index (χ2n) is 4.70. The Morgan fingerprint density at radius 3 is 2.22 bits per heavy atom. The minimum absolute atomic E-state index is 0.0647. The van der Waals surface area contributed by atoms with E-state index in [1.807, 2.05) is 20.8 Å². The van der Waals surface area contributed by atoms with Gasteiger partial charge in [-0.15, -0.1) is 4.53 Å². The zero-order valence-electron chi connectivity index (χ0n) is 10.3. The molecule has 0 heterocycles. The first-order chi connectivity index (χ1) is 8.21. The van der Waals surface area contributed by atoms with E-state index in [2.05, 4.69) is 5.43 Å². The van der Waals surface area contributed by atoms with E-state index in [-0.39, 0.29) is 5.69 Å². The van der Waals surface area contributed by atoms with Gasteiger partial charge in [0.05, 0.1) is 4.92 Å². The first-order valence-corrected chi connectivity index (χ1v) is 5.57. The molecule has 7 heteroatoms.